The van der Waals surface area contributed by atoms with E-state index in [-0.39, 0.29) is 18.4 Å². The fraction of sp³-hybridized carbons (Fsp3) is 0.231. The monoisotopic (exact) mass is 466 g/mol. The standard InChI is InChI=1S/C26H24Cl2N2O2/c27-23-11-10-21(16-24(23)28)26(32)30(14-12-19-6-2-1-3-7-19)18-25(31)29-15-13-20-8-4-5-9-22(20)17-29/h1-11,16H,12-15,17-18H2. The van der Waals surface area contributed by atoms with E-state index in [1.807, 2.05) is 47.4 Å². The number of carbonyl (C=O) groups excluding carboxylic acids is 2. The minimum absolute atomic E-state index is 0.0219. The van der Waals surface area contributed by atoms with Gasteiger partial charge in [0, 0.05) is 25.2 Å². The van der Waals surface area contributed by atoms with E-state index >= 15 is 0 Å². The molecule has 1 aliphatic heterocycles. The van der Waals surface area contributed by atoms with E-state index in [9.17, 15) is 9.59 Å². The first-order valence-corrected chi connectivity index (χ1v) is 11.4. The van der Waals surface area contributed by atoms with Crippen LogP contribution in [-0.4, -0.2) is 41.2 Å². The molecule has 0 radical (unpaired) electrons. The molecule has 4 rings (SSSR count). The Kier molecular flexibility index (Phi) is 7.13. The van der Waals surface area contributed by atoms with Crippen molar-refractivity contribution in [3.05, 3.63) is 105 Å². The minimum atomic E-state index is -0.231. The summed E-state index contributed by atoms with van der Waals surface area (Å²) < 4.78 is 0. The summed E-state index contributed by atoms with van der Waals surface area (Å²) in [6.07, 6.45) is 1.48. The number of hydrogen-bond acceptors (Lipinski definition) is 2. The average Bonchev–Trinajstić information content (AvgIpc) is 2.83. The van der Waals surface area contributed by atoms with Crippen molar-refractivity contribution in [2.24, 2.45) is 0 Å². The minimum Gasteiger partial charge on any atom is -0.336 e. The summed E-state index contributed by atoms with van der Waals surface area (Å²) in [6.45, 7) is 1.68. The maximum absolute atomic E-state index is 13.3. The lowest BCUT2D eigenvalue weighted by molar-refractivity contribution is -0.132. The van der Waals surface area contributed by atoms with Crippen LogP contribution in [0.5, 0.6) is 0 Å². The molecule has 32 heavy (non-hydrogen) atoms. The fourth-order valence-corrected chi connectivity index (χ4v) is 4.24. The summed E-state index contributed by atoms with van der Waals surface area (Å²) in [5, 5.41) is 0.710. The normalized spacial score (nSPS) is 12.9. The smallest absolute Gasteiger partial charge is 0.254 e. The van der Waals surface area contributed by atoms with E-state index in [1.165, 1.54) is 11.1 Å². The van der Waals surface area contributed by atoms with Gasteiger partial charge < -0.3 is 9.80 Å². The molecule has 0 bridgehead atoms. The maximum atomic E-state index is 13.3. The third-order valence-electron chi connectivity index (χ3n) is 5.78. The van der Waals surface area contributed by atoms with E-state index in [1.54, 1.807) is 23.1 Å². The van der Waals surface area contributed by atoms with Crippen molar-refractivity contribution in [3.8, 4) is 0 Å². The molecule has 0 saturated heterocycles. The second kappa shape index (κ2) is 10.2. The molecule has 0 spiro atoms. The first-order chi connectivity index (χ1) is 15.5. The van der Waals surface area contributed by atoms with Crippen LogP contribution in [-0.2, 0) is 24.2 Å². The van der Waals surface area contributed by atoms with Crippen molar-refractivity contribution < 1.29 is 9.59 Å². The lowest BCUT2D eigenvalue weighted by Crippen LogP contribution is -2.45. The van der Waals surface area contributed by atoms with Gasteiger partial charge in [-0.2, -0.15) is 0 Å². The van der Waals surface area contributed by atoms with Crippen LogP contribution >= 0.6 is 23.2 Å². The first-order valence-electron chi connectivity index (χ1n) is 10.6. The number of amides is 2. The molecule has 0 atom stereocenters. The molecule has 1 heterocycles. The van der Waals surface area contributed by atoms with Gasteiger partial charge in [0.25, 0.3) is 5.91 Å². The topological polar surface area (TPSA) is 40.6 Å². The zero-order chi connectivity index (χ0) is 22.5. The number of hydrogen-bond donors (Lipinski definition) is 0. The SMILES string of the molecule is O=C(CN(CCc1ccccc1)C(=O)c1ccc(Cl)c(Cl)c1)N1CCc2ccccc2C1. The molecule has 2 amide bonds. The highest BCUT2D eigenvalue weighted by atomic mass is 35.5. The first kappa shape index (κ1) is 22.4. The summed E-state index contributed by atoms with van der Waals surface area (Å²) in [5.74, 6) is -0.286. The number of rotatable bonds is 6. The van der Waals surface area contributed by atoms with Gasteiger partial charge >= 0.3 is 0 Å². The van der Waals surface area contributed by atoms with Crippen LogP contribution in [0.15, 0.2) is 72.8 Å². The molecule has 0 aliphatic carbocycles. The van der Waals surface area contributed by atoms with Gasteiger partial charge in [-0.25, -0.2) is 0 Å². The zero-order valence-corrected chi connectivity index (χ0v) is 19.1. The van der Waals surface area contributed by atoms with Crippen molar-refractivity contribution in [1.29, 1.82) is 0 Å². The van der Waals surface area contributed by atoms with Crippen molar-refractivity contribution in [1.82, 2.24) is 9.80 Å². The number of benzene rings is 3. The molecule has 3 aromatic rings. The van der Waals surface area contributed by atoms with Gasteiger partial charge in [-0.15, -0.1) is 0 Å². The Balaban J connectivity index is 1.51. The Hall–Kier alpha value is -2.82. The Morgan fingerprint density at radius 1 is 0.875 bits per heavy atom. The molecular formula is C26H24Cl2N2O2. The molecule has 1 aliphatic rings. The van der Waals surface area contributed by atoms with Gasteiger partial charge in [-0.3, -0.25) is 9.59 Å². The Labute approximate surface area is 198 Å². The molecule has 6 heteroatoms. The van der Waals surface area contributed by atoms with Gasteiger partial charge in [0.05, 0.1) is 10.0 Å². The van der Waals surface area contributed by atoms with Crippen LogP contribution < -0.4 is 0 Å². The van der Waals surface area contributed by atoms with Crippen molar-refractivity contribution in [3.63, 3.8) is 0 Å². The lowest BCUT2D eigenvalue weighted by Gasteiger charge is -2.31. The fourth-order valence-electron chi connectivity index (χ4n) is 3.94. The van der Waals surface area contributed by atoms with E-state index in [2.05, 4.69) is 12.1 Å². The molecule has 0 N–H and O–H groups in total. The molecule has 4 nitrogen and oxygen atoms in total. The highest BCUT2D eigenvalue weighted by molar-refractivity contribution is 6.42. The van der Waals surface area contributed by atoms with E-state index in [0.717, 1.165) is 12.0 Å². The highest BCUT2D eigenvalue weighted by Crippen LogP contribution is 2.24. The third kappa shape index (κ3) is 5.32. The second-order valence-electron chi connectivity index (χ2n) is 7.93. The summed E-state index contributed by atoms with van der Waals surface area (Å²) in [5.41, 5.74) is 3.98. The molecule has 0 saturated carbocycles. The summed E-state index contributed by atoms with van der Waals surface area (Å²) in [6, 6.07) is 22.9. The van der Waals surface area contributed by atoms with Crippen molar-refractivity contribution in [2.75, 3.05) is 19.6 Å². The molecular weight excluding hydrogens is 443 g/mol. The predicted octanol–water partition coefficient (Wildman–Crippen LogP) is 5.26. The van der Waals surface area contributed by atoms with Gasteiger partial charge in [0.15, 0.2) is 0 Å². The number of fused-ring (bicyclic) bond motifs is 1. The van der Waals surface area contributed by atoms with E-state index < -0.39 is 0 Å². The van der Waals surface area contributed by atoms with Crippen molar-refractivity contribution in [2.45, 2.75) is 19.4 Å². The highest BCUT2D eigenvalue weighted by Gasteiger charge is 2.25. The van der Waals surface area contributed by atoms with Crippen LogP contribution in [0.4, 0.5) is 0 Å². The van der Waals surface area contributed by atoms with Gasteiger partial charge in [0.1, 0.15) is 6.54 Å². The third-order valence-corrected chi connectivity index (χ3v) is 6.52. The van der Waals surface area contributed by atoms with Crippen LogP contribution in [0, 0.1) is 0 Å². The quantitative estimate of drug-likeness (QED) is 0.496. The number of carbonyl (C=O) groups is 2. The lowest BCUT2D eigenvalue weighted by atomic mass is 10.00. The summed E-state index contributed by atoms with van der Waals surface area (Å²) in [7, 11) is 0. The second-order valence-corrected chi connectivity index (χ2v) is 8.74. The van der Waals surface area contributed by atoms with E-state index in [4.69, 9.17) is 23.2 Å². The van der Waals surface area contributed by atoms with Gasteiger partial charge in [0.2, 0.25) is 5.91 Å². The van der Waals surface area contributed by atoms with Crippen LogP contribution in [0.25, 0.3) is 0 Å². The number of halogens is 2. The molecule has 0 fully saturated rings. The van der Waals surface area contributed by atoms with Crippen LogP contribution in [0.3, 0.4) is 0 Å². The van der Waals surface area contributed by atoms with Gasteiger partial charge in [-0.1, -0.05) is 77.8 Å². The van der Waals surface area contributed by atoms with E-state index in [0.29, 0.717) is 41.7 Å². The molecule has 3 aromatic carbocycles. The van der Waals surface area contributed by atoms with Crippen LogP contribution in [0.2, 0.25) is 10.0 Å². The largest absolute Gasteiger partial charge is 0.336 e. The van der Waals surface area contributed by atoms with Crippen LogP contribution in [0.1, 0.15) is 27.0 Å². The Morgan fingerprint density at radius 2 is 1.59 bits per heavy atom. The Morgan fingerprint density at radius 3 is 2.34 bits per heavy atom. The summed E-state index contributed by atoms with van der Waals surface area (Å²) >= 11 is 12.1. The maximum Gasteiger partial charge on any atom is 0.254 e. The predicted molar refractivity (Wildman–Crippen MR) is 128 cm³/mol. The van der Waals surface area contributed by atoms with Gasteiger partial charge in [-0.05, 0) is 47.7 Å². The zero-order valence-electron chi connectivity index (χ0n) is 17.6. The van der Waals surface area contributed by atoms with Crippen molar-refractivity contribution >= 4 is 35.0 Å². The summed E-state index contributed by atoms with van der Waals surface area (Å²) in [4.78, 5) is 29.9. The molecule has 0 aromatic heterocycles. The Bertz CT molecular complexity index is 1120. The number of nitrogens with zero attached hydrogens (tertiary/aromatic N) is 2. The average molecular weight is 467 g/mol. The molecule has 0 unspecified atom stereocenters. The molecule has 164 valence electrons.